The van der Waals surface area contributed by atoms with Gasteiger partial charge in [0.2, 0.25) is 0 Å². The fourth-order valence-electron chi connectivity index (χ4n) is 1.34. The molecular formula is C11H11N5O2S. The summed E-state index contributed by atoms with van der Waals surface area (Å²) in [5.41, 5.74) is 6.06. The van der Waals surface area contributed by atoms with Crippen LogP contribution in [0.3, 0.4) is 0 Å². The zero-order valence-electron chi connectivity index (χ0n) is 9.79. The largest absolute Gasteiger partial charge is 0.484 e. The molecule has 0 aliphatic rings. The molecule has 1 aromatic heterocycles. The minimum Gasteiger partial charge on any atom is -0.484 e. The average Bonchev–Trinajstić information content (AvgIpc) is 2.91. The first kappa shape index (κ1) is 13.0. The van der Waals surface area contributed by atoms with Crippen LogP contribution in [0.25, 0.3) is 0 Å². The zero-order chi connectivity index (χ0) is 13.7. The molecule has 0 radical (unpaired) electrons. The van der Waals surface area contributed by atoms with Gasteiger partial charge in [-0.2, -0.15) is 15.4 Å². The maximum Gasteiger partial charge on any atom is 0.277 e. The molecule has 1 heterocycles. The van der Waals surface area contributed by atoms with Crippen LogP contribution in [0.2, 0.25) is 0 Å². The number of carbonyl (C=O) groups is 1. The van der Waals surface area contributed by atoms with Crippen LogP contribution >= 0.6 is 12.2 Å². The summed E-state index contributed by atoms with van der Waals surface area (Å²) < 4.78 is 5.39. The smallest absolute Gasteiger partial charge is 0.277 e. The minimum absolute atomic E-state index is 0.103. The van der Waals surface area contributed by atoms with E-state index in [4.69, 9.17) is 22.7 Å². The number of nitrogens with zero attached hydrogens (tertiary/aromatic N) is 2. The number of hydrogen-bond donors (Lipinski definition) is 3. The van der Waals surface area contributed by atoms with Crippen molar-refractivity contribution in [1.29, 1.82) is 0 Å². The van der Waals surface area contributed by atoms with E-state index in [0.29, 0.717) is 11.4 Å². The van der Waals surface area contributed by atoms with Gasteiger partial charge in [0.15, 0.2) is 5.69 Å². The molecule has 8 heteroatoms. The number of ether oxygens (including phenoxy) is 1. The van der Waals surface area contributed by atoms with E-state index < -0.39 is 0 Å². The summed E-state index contributed by atoms with van der Waals surface area (Å²) in [4.78, 5) is 12.1. The number of aromatic nitrogens is 3. The van der Waals surface area contributed by atoms with Gasteiger partial charge in [0, 0.05) is 0 Å². The van der Waals surface area contributed by atoms with Crippen LogP contribution in [0.4, 0.5) is 5.69 Å². The topological polar surface area (TPSA) is 106 Å². The number of nitrogens with one attached hydrogen (secondary N) is 2. The molecular weight excluding hydrogens is 266 g/mol. The summed E-state index contributed by atoms with van der Waals surface area (Å²) in [5.74, 6) is 0.0901. The van der Waals surface area contributed by atoms with Gasteiger partial charge in [-0.3, -0.25) is 4.79 Å². The third-order valence-electron chi connectivity index (χ3n) is 2.15. The summed E-state index contributed by atoms with van der Waals surface area (Å²) in [5, 5.41) is 12.3. The van der Waals surface area contributed by atoms with Crippen molar-refractivity contribution in [2.45, 2.75) is 0 Å². The number of nitrogens with two attached hydrogens (primary N) is 1. The van der Waals surface area contributed by atoms with Crippen LogP contribution in [0, 0.1) is 0 Å². The van der Waals surface area contributed by atoms with E-state index in [0.717, 1.165) is 0 Å². The van der Waals surface area contributed by atoms with Crippen LogP contribution in [0.1, 0.15) is 10.5 Å². The number of H-pyrrole nitrogens is 1. The van der Waals surface area contributed by atoms with Crippen molar-refractivity contribution in [2.75, 3.05) is 11.9 Å². The third-order valence-corrected chi connectivity index (χ3v) is 2.27. The van der Waals surface area contributed by atoms with E-state index in [-0.39, 0.29) is 23.2 Å². The predicted octanol–water partition coefficient (Wildman–Crippen LogP) is 0.722. The van der Waals surface area contributed by atoms with Crippen molar-refractivity contribution in [3.63, 3.8) is 0 Å². The highest BCUT2D eigenvalue weighted by atomic mass is 32.1. The Morgan fingerprint density at radius 1 is 1.47 bits per heavy atom. The van der Waals surface area contributed by atoms with Crippen molar-refractivity contribution in [1.82, 2.24) is 15.4 Å². The second-order valence-corrected chi connectivity index (χ2v) is 4.08. The molecule has 0 aliphatic carbocycles. The predicted molar refractivity (Wildman–Crippen MR) is 73.1 cm³/mol. The van der Waals surface area contributed by atoms with Crippen LogP contribution in [0.5, 0.6) is 5.75 Å². The Morgan fingerprint density at radius 3 is 2.95 bits per heavy atom. The number of hydrogen-bond acceptors (Lipinski definition) is 5. The van der Waals surface area contributed by atoms with Crippen molar-refractivity contribution in [3.05, 3.63) is 36.2 Å². The van der Waals surface area contributed by atoms with E-state index in [1.165, 1.54) is 6.20 Å². The normalized spacial score (nSPS) is 9.89. The van der Waals surface area contributed by atoms with E-state index in [9.17, 15) is 4.79 Å². The van der Waals surface area contributed by atoms with Crippen LogP contribution in [-0.4, -0.2) is 32.9 Å². The van der Waals surface area contributed by atoms with Gasteiger partial charge < -0.3 is 15.8 Å². The standard InChI is InChI=1S/C11H11N5O2S/c12-10(19)6-18-9-4-2-1-3-7(9)14-11(17)8-5-13-16-15-8/h1-5H,6H2,(H2,12,19)(H,14,17)(H,13,15,16). The molecule has 0 saturated carbocycles. The number of carbonyl (C=O) groups excluding carboxylic acids is 1. The highest BCUT2D eigenvalue weighted by molar-refractivity contribution is 7.80. The maximum atomic E-state index is 11.8. The van der Waals surface area contributed by atoms with E-state index in [2.05, 4.69) is 20.7 Å². The Hall–Kier alpha value is -2.48. The molecule has 0 unspecified atom stereocenters. The second-order valence-electron chi connectivity index (χ2n) is 3.56. The monoisotopic (exact) mass is 277 g/mol. The molecule has 0 spiro atoms. The Morgan fingerprint density at radius 2 is 2.26 bits per heavy atom. The summed E-state index contributed by atoms with van der Waals surface area (Å²) in [6.45, 7) is 0.103. The van der Waals surface area contributed by atoms with Crippen LogP contribution in [0.15, 0.2) is 30.5 Å². The second kappa shape index (κ2) is 5.91. The fourth-order valence-corrected chi connectivity index (χ4v) is 1.40. The molecule has 0 bridgehead atoms. The molecule has 98 valence electrons. The van der Waals surface area contributed by atoms with Gasteiger partial charge in [-0.25, -0.2) is 0 Å². The summed E-state index contributed by atoms with van der Waals surface area (Å²) in [6.07, 6.45) is 1.33. The zero-order valence-corrected chi connectivity index (χ0v) is 10.6. The first-order valence-corrected chi connectivity index (χ1v) is 5.75. The van der Waals surface area contributed by atoms with Crippen LogP contribution < -0.4 is 15.8 Å². The molecule has 0 fully saturated rings. The van der Waals surface area contributed by atoms with E-state index in [1.807, 2.05) is 0 Å². The van der Waals surface area contributed by atoms with Gasteiger partial charge in [0.1, 0.15) is 17.3 Å². The molecule has 2 rings (SSSR count). The van der Waals surface area contributed by atoms with Gasteiger partial charge in [-0.15, -0.1) is 0 Å². The number of aromatic amines is 1. The molecule has 1 amide bonds. The number of amides is 1. The van der Waals surface area contributed by atoms with Crippen molar-refractivity contribution in [2.24, 2.45) is 5.73 Å². The quantitative estimate of drug-likeness (QED) is 0.695. The first-order chi connectivity index (χ1) is 9.16. The third kappa shape index (κ3) is 3.49. The number of benzene rings is 1. The molecule has 7 nitrogen and oxygen atoms in total. The molecule has 1 aromatic carbocycles. The number of para-hydroxylation sites is 2. The molecule has 2 aromatic rings. The SMILES string of the molecule is NC(=S)COc1ccccc1NC(=O)c1cn[nH]n1. The lowest BCUT2D eigenvalue weighted by Gasteiger charge is -2.11. The number of thiocarbonyl (C=S) groups is 1. The van der Waals surface area contributed by atoms with Crippen molar-refractivity contribution in [3.8, 4) is 5.75 Å². The average molecular weight is 277 g/mol. The lowest BCUT2D eigenvalue weighted by molar-refractivity contribution is 0.102. The summed E-state index contributed by atoms with van der Waals surface area (Å²) in [7, 11) is 0. The minimum atomic E-state index is -0.389. The number of rotatable bonds is 5. The van der Waals surface area contributed by atoms with Crippen molar-refractivity contribution >= 4 is 28.8 Å². The maximum absolute atomic E-state index is 11.8. The lowest BCUT2D eigenvalue weighted by Crippen LogP contribution is -2.19. The van der Waals surface area contributed by atoms with E-state index in [1.54, 1.807) is 24.3 Å². The molecule has 4 N–H and O–H groups in total. The van der Waals surface area contributed by atoms with E-state index >= 15 is 0 Å². The Bertz CT molecular complexity index is 585. The highest BCUT2D eigenvalue weighted by Crippen LogP contribution is 2.23. The van der Waals surface area contributed by atoms with Gasteiger partial charge >= 0.3 is 0 Å². The lowest BCUT2D eigenvalue weighted by atomic mass is 10.3. The molecule has 0 saturated heterocycles. The Balaban J connectivity index is 2.11. The van der Waals surface area contributed by atoms with Gasteiger partial charge in [-0.1, -0.05) is 24.4 Å². The van der Waals surface area contributed by atoms with Crippen molar-refractivity contribution < 1.29 is 9.53 Å². The summed E-state index contributed by atoms with van der Waals surface area (Å²) in [6, 6.07) is 6.95. The molecule has 0 aliphatic heterocycles. The first-order valence-electron chi connectivity index (χ1n) is 5.34. The Kier molecular flexibility index (Phi) is 4.04. The number of anilines is 1. The summed E-state index contributed by atoms with van der Waals surface area (Å²) >= 11 is 4.73. The van der Waals surface area contributed by atoms with Gasteiger partial charge in [-0.05, 0) is 12.1 Å². The van der Waals surface area contributed by atoms with Gasteiger partial charge in [0.25, 0.3) is 5.91 Å². The highest BCUT2D eigenvalue weighted by Gasteiger charge is 2.11. The molecule has 19 heavy (non-hydrogen) atoms. The fraction of sp³-hybridized carbons (Fsp3) is 0.0909. The molecule has 0 atom stereocenters. The van der Waals surface area contributed by atoms with Gasteiger partial charge in [0.05, 0.1) is 11.9 Å². The van der Waals surface area contributed by atoms with Crippen LogP contribution in [-0.2, 0) is 0 Å². The Labute approximate surface area is 114 Å².